The molecular formula is C14H23N3O. The van der Waals surface area contributed by atoms with Gasteiger partial charge in [0.2, 0.25) is 5.91 Å². The Hall–Kier alpha value is -1.34. The largest absolute Gasteiger partial charge is 0.333 e. The van der Waals surface area contributed by atoms with E-state index < -0.39 is 0 Å². The Kier molecular flexibility index (Phi) is 5.87. The number of rotatable bonds is 4. The molecule has 0 spiro atoms. The number of hydrogen-bond donors (Lipinski definition) is 0. The third kappa shape index (κ3) is 3.85. The van der Waals surface area contributed by atoms with Crippen LogP contribution in [0.4, 0.5) is 0 Å². The standard InChI is InChI=1S/C14H23N3O/c1-4-5-6-14(18)17-10-9-16(12(2)3)11-13(17)7-8-15/h5-6,12-13H,4,7,9-11H2,1-3H3/b6-5+. The van der Waals surface area contributed by atoms with Crippen molar-refractivity contribution < 1.29 is 4.79 Å². The van der Waals surface area contributed by atoms with Crippen LogP contribution in [0.5, 0.6) is 0 Å². The molecule has 1 fully saturated rings. The summed E-state index contributed by atoms with van der Waals surface area (Å²) in [7, 11) is 0. The van der Waals surface area contributed by atoms with Crippen LogP contribution in [-0.4, -0.2) is 47.4 Å². The van der Waals surface area contributed by atoms with Crippen LogP contribution in [-0.2, 0) is 4.79 Å². The van der Waals surface area contributed by atoms with Crippen LogP contribution in [0.3, 0.4) is 0 Å². The van der Waals surface area contributed by atoms with E-state index >= 15 is 0 Å². The number of allylic oxidation sites excluding steroid dienone is 1. The maximum Gasteiger partial charge on any atom is 0.246 e. The van der Waals surface area contributed by atoms with Crippen LogP contribution >= 0.6 is 0 Å². The molecule has 18 heavy (non-hydrogen) atoms. The summed E-state index contributed by atoms with van der Waals surface area (Å²) >= 11 is 0. The minimum Gasteiger partial charge on any atom is -0.333 e. The number of nitriles is 1. The van der Waals surface area contributed by atoms with Gasteiger partial charge >= 0.3 is 0 Å². The molecule has 0 saturated carbocycles. The van der Waals surface area contributed by atoms with Crippen molar-refractivity contribution in [3.63, 3.8) is 0 Å². The summed E-state index contributed by atoms with van der Waals surface area (Å²) in [6.07, 6.45) is 4.78. The highest BCUT2D eigenvalue weighted by molar-refractivity contribution is 5.88. The quantitative estimate of drug-likeness (QED) is 0.714. The molecule has 1 saturated heterocycles. The van der Waals surface area contributed by atoms with E-state index in [9.17, 15) is 4.79 Å². The molecule has 0 aromatic heterocycles. The van der Waals surface area contributed by atoms with E-state index in [1.54, 1.807) is 6.08 Å². The molecule has 1 unspecified atom stereocenters. The fourth-order valence-corrected chi connectivity index (χ4v) is 2.23. The number of nitrogens with zero attached hydrogens (tertiary/aromatic N) is 3. The Bertz CT molecular complexity index is 343. The van der Waals surface area contributed by atoms with Gasteiger partial charge in [0.1, 0.15) is 0 Å². The van der Waals surface area contributed by atoms with Gasteiger partial charge in [-0.25, -0.2) is 0 Å². The first-order valence-electron chi connectivity index (χ1n) is 6.68. The predicted molar refractivity (Wildman–Crippen MR) is 71.9 cm³/mol. The van der Waals surface area contributed by atoms with Gasteiger partial charge in [-0.05, 0) is 26.3 Å². The van der Waals surface area contributed by atoms with Crippen LogP contribution < -0.4 is 0 Å². The average molecular weight is 249 g/mol. The topological polar surface area (TPSA) is 47.3 Å². The van der Waals surface area contributed by atoms with E-state index in [0.29, 0.717) is 12.5 Å². The first kappa shape index (κ1) is 14.7. The van der Waals surface area contributed by atoms with Crippen molar-refractivity contribution in [1.82, 2.24) is 9.80 Å². The fourth-order valence-electron chi connectivity index (χ4n) is 2.23. The molecule has 1 aliphatic heterocycles. The second-order valence-corrected chi connectivity index (χ2v) is 4.95. The number of carbonyl (C=O) groups excluding carboxylic acids is 1. The van der Waals surface area contributed by atoms with Gasteiger partial charge in [0.25, 0.3) is 0 Å². The zero-order valence-corrected chi connectivity index (χ0v) is 11.6. The Morgan fingerprint density at radius 1 is 1.50 bits per heavy atom. The maximum atomic E-state index is 12.0. The van der Waals surface area contributed by atoms with Crippen LogP contribution in [0, 0.1) is 11.3 Å². The van der Waals surface area contributed by atoms with Gasteiger partial charge in [-0.1, -0.05) is 13.0 Å². The minimum atomic E-state index is 0.0279. The molecule has 0 aliphatic carbocycles. The monoisotopic (exact) mass is 249 g/mol. The smallest absolute Gasteiger partial charge is 0.246 e. The molecule has 4 heteroatoms. The van der Waals surface area contributed by atoms with Crippen molar-refractivity contribution in [1.29, 1.82) is 5.26 Å². The summed E-state index contributed by atoms with van der Waals surface area (Å²) in [5.41, 5.74) is 0. The zero-order chi connectivity index (χ0) is 13.5. The lowest BCUT2D eigenvalue weighted by atomic mass is 10.1. The Labute approximate surface area is 110 Å². The highest BCUT2D eigenvalue weighted by atomic mass is 16.2. The fraction of sp³-hybridized carbons (Fsp3) is 0.714. The van der Waals surface area contributed by atoms with E-state index in [4.69, 9.17) is 5.26 Å². The third-order valence-corrected chi connectivity index (χ3v) is 3.35. The van der Waals surface area contributed by atoms with E-state index in [1.165, 1.54) is 0 Å². The Morgan fingerprint density at radius 2 is 2.22 bits per heavy atom. The van der Waals surface area contributed by atoms with E-state index in [0.717, 1.165) is 26.1 Å². The van der Waals surface area contributed by atoms with Crippen molar-refractivity contribution in [3.8, 4) is 6.07 Å². The highest BCUT2D eigenvalue weighted by Crippen LogP contribution is 2.15. The number of hydrogen-bond acceptors (Lipinski definition) is 3. The van der Waals surface area contributed by atoms with Gasteiger partial charge in [0, 0.05) is 25.7 Å². The van der Waals surface area contributed by atoms with Crippen LogP contribution in [0.2, 0.25) is 0 Å². The van der Waals surface area contributed by atoms with Crippen LogP contribution in [0.25, 0.3) is 0 Å². The third-order valence-electron chi connectivity index (χ3n) is 3.35. The molecule has 0 aromatic carbocycles. The summed E-state index contributed by atoms with van der Waals surface area (Å²) in [6.45, 7) is 8.72. The van der Waals surface area contributed by atoms with Gasteiger partial charge in [0.05, 0.1) is 18.5 Å². The van der Waals surface area contributed by atoms with Gasteiger partial charge in [-0.15, -0.1) is 0 Å². The van der Waals surface area contributed by atoms with E-state index in [1.807, 2.05) is 17.9 Å². The molecule has 1 atom stereocenters. The lowest BCUT2D eigenvalue weighted by molar-refractivity contribution is -0.131. The summed E-state index contributed by atoms with van der Waals surface area (Å²) in [5.74, 6) is 0.0421. The SMILES string of the molecule is CC/C=C/C(=O)N1CCN(C(C)C)CC1CC#N. The second-order valence-electron chi connectivity index (χ2n) is 4.95. The van der Waals surface area contributed by atoms with Gasteiger partial charge in [-0.3, -0.25) is 9.69 Å². The summed E-state index contributed by atoms with van der Waals surface area (Å²) in [4.78, 5) is 16.2. The molecule has 1 aliphatic rings. The molecule has 1 amide bonds. The molecule has 4 nitrogen and oxygen atoms in total. The van der Waals surface area contributed by atoms with Gasteiger partial charge in [0.15, 0.2) is 0 Å². The summed E-state index contributed by atoms with van der Waals surface area (Å²) < 4.78 is 0. The molecule has 0 radical (unpaired) electrons. The minimum absolute atomic E-state index is 0.0279. The predicted octanol–water partition coefficient (Wildman–Crippen LogP) is 1.79. The maximum absolute atomic E-state index is 12.0. The van der Waals surface area contributed by atoms with Crippen molar-refractivity contribution >= 4 is 5.91 Å². The lowest BCUT2D eigenvalue weighted by Gasteiger charge is -2.42. The van der Waals surface area contributed by atoms with Crippen LogP contribution in [0.15, 0.2) is 12.2 Å². The van der Waals surface area contributed by atoms with E-state index in [2.05, 4.69) is 24.8 Å². The zero-order valence-electron chi connectivity index (χ0n) is 11.6. The molecule has 0 N–H and O–H groups in total. The lowest BCUT2D eigenvalue weighted by Crippen LogP contribution is -2.56. The summed E-state index contributed by atoms with van der Waals surface area (Å²) in [5, 5.41) is 8.89. The van der Waals surface area contributed by atoms with E-state index in [-0.39, 0.29) is 11.9 Å². The van der Waals surface area contributed by atoms with Gasteiger partial charge in [-0.2, -0.15) is 5.26 Å². The Morgan fingerprint density at radius 3 is 2.78 bits per heavy atom. The molecule has 100 valence electrons. The molecule has 1 rings (SSSR count). The number of piperazine rings is 1. The molecule has 0 bridgehead atoms. The first-order valence-corrected chi connectivity index (χ1v) is 6.68. The van der Waals surface area contributed by atoms with Crippen molar-refractivity contribution in [2.75, 3.05) is 19.6 Å². The van der Waals surface area contributed by atoms with Crippen molar-refractivity contribution in [2.45, 2.75) is 45.7 Å². The molecular weight excluding hydrogens is 226 g/mol. The number of carbonyl (C=O) groups is 1. The Balaban J connectivity index is 2.70. The normalized spacial score (nSPS) is 21.5. The second kappa shape index (κ2) is 7.17. The first-order chi connectivity index (χ1) is 8.60. The average Bonchev–Trinajstić information content (AvgIpc) is 2.36. The molecule has 1 heterocycles. The van der Waals surface area contributed by atoms with Crippen molar-refractivity contribution in [3.05, 3.63) is 12.2 Å². The van der Waals surface area contributed by atoms with Gasteiger partial charge < -0.3 is 4.90 Å². The summed E-state index contributed by atoms with van der Waals surface area (Å²) in [6, 6.07) is 2.69. The highest BCUT2D eigenvalue weighted by Gasteiger charge is 2.30. The van der Waals surface area contributed by atoms with Crippen LogP contribution in [0.1, 0.15) is 33.6 Å². The number of amides is 1. The molecule has 0 aromatic rings. The van der Waals surface area contributed by atoms with Crippen molar-refractivity contribution in [2.24, 2.45) is 0 Å².